The van der Waals surface area contributed by atoms with Gasteiger partial charge in [-0.1, -0.05) is 11.6 Å². The SMILES string of the molecule is Cc1cc(Br)c(Nc2nc(N/N=C/c3cc([N+](=O)[O-])ccc3O)nc(N3CCOCC3)n2)cc1Cl. The van der Waals surface area contributed by atoms with Gasteiger partial charge in [0.2, 0.25) is 17.8 Å². The van der Waals surface area contributed by atoms with E-state index in [1.807, 2.05) is 17.9 Å². The summed E-state index contributed by atoms with van der Waals surface area (Å²) in [5.41, 5.74) is 4.26. The number of phenolic OH excluding ortho intramolecular Hbond substituents is 1. The zero-order valence-corrected chi connectivity index (χ0v) is 20.7. The van der Waals surface area contributed by atoms with Crippen LogP contribution < -0.4 is 15.6 Å². The van der Waals surface area contributed by atoms with E-state index < -0.39 is 4.92 Å². The molecule has 0 bridgehead atoms. The Morgan fingerprint density at radius 3 is 2.71 bits per heavy atom. The number of rotatable bonds is 7. The van der Waals surface area contributed by atoms with Gasteiger partial charge in [-0.15, -0.1) is 0 Å². The van der Waals surface area contributed by atoms with Crippen molar-refractivity contribution >= 4 is 63.0 Å². The molecule has 182 valence electrons. The minimum atomic E-state index is -0.557. The van der Waals surface area contributed by atoms with Crippen LogP contribution in [0.25, 0.3) is 0 Å². The van der Waals surface area contributed by atoms with Gasteiger partial charge in [0, 0.05) is 40.3 Å². The summed E-state index contributed by atoms with van der Waals surface area (Å²) in [4.78, 5) is 25.7. The van der Waals surface area contributed by atoms with Crippen LogP contribution in [0, 0.1) is 17.0 Å². The van der Waals surface area contributed by atoms with Gasteiger partial charge in [-0.25, -0.2) is 5.43 Å². The van der Waals surface area contributed by atoms with Crippen molar-refractivity contribution in [1.82, 2.24) is 15.0 Å². The number of aromatic hydroxyl groups is 1. The van der Waals surface area contributed by atoms with Gasteiger partial charge in [-0.05, 0) is 46.6 Å². The fraction of sp³-hybridized carbons (Fsp3) is 0.238. The number of hydrogen-bond donors (Lipinski definition) is 3. The van der Waals surface area contributed by atoms with Crippen molar-refractivity contribution < 1.29 is 14.8 Å². The molecule has 1 saturated heterocycles. The molecule has 0 amide bonds. The summed E-state index contributed by atoms with van der Waals surface area (Å²) in [6.45, 7) is 4.19. The van der Waals surface area contributed by atoms with Crippen molar-refractivity contribution in [3.8, 4) is 5.75 Å². The molecule has 0 atom stereocenters. The Morgan fingerprint density at radius 2 is 1.97 bits per heavy atom. The third-order valence-electron chi connectivity index (χ3n) is 5.00. The van der Waals surface area contributed by atoms with Gasteiger partial charge in [0.25, 0.3) is 5.69 Å². The Kier molecular flexibility index (Phi) is 7.58. The van der Waals surface area contributed by atoms with E-state index >= 15 is 0 Å². The first kappa shape index (κ1) is 24.6. The van der Waals surface area contributed by atoms with Crippen molar-refractivity contribution in [1.29, 1.82) is 0 Å². The molecule has 0 unspecified atom stereocenters. The standard InChI is InChI=1S/C21H20BrClN8O4/c1-12-8-15(22)17(10-16(12)23)25-19-26-20(28-21(27-19)30-4-6-35-7-5-30)29-24-11-13-9-14(31(33)34)2-3-18(13)32/h2-3,8-11,32H,4-7H2,1H3,(H2,25,26,27,28,29)/b24-11+. The van der Waals surface area contributed by atoms with Crippen molar-refractivity contribution in [2.75, 3.05) is 41.9 Å². The molecule has 2 heterocycles. The molecule has 1 fully saturated rings. The summed E-state index contributed by atoms with van der Waals surface area (Å²) in [5.74, 6) is 0.628. The Balaban J connectivity index is 1.62. The van der Waals surface area contributed by atoms with E-state index in [1.54, 1.807) is 6.07 Å². The van der Waals surface area contributed by atoms with Gasteiger partial charge in [0.15, 0.2) is 0 Å². The average molecular weight is 564 g/mol. The van der Waals surface area contributed by atoms with Crippen LogP contribution >= 0.6 is 27.5 Å². The highest BCUT2D eigenvalue weighted by molar-refractivity contribution is 9.10. The predicted molar refractivity (Wildman–Crippen MR) is 136 cm³/mol. The van der Waals surface area contributed by atoms with E-state index in [0.29, 0.717) is 43.0 Å². The van der Waals surface area contributed by atoms with E-state index in [4.69, 9.17) is 16.3 Å². The van der Waals surface area contributed by atoms with Crippen molar-refractivity contribution in [2.24, 2.45) is 5.10 Å². The first-order valence-electron chi connectivity index (χ1n) is 10.4. The quantitative estimate of drug-likeness (QED) is 0.216. The monoisotopic (exact) mass is 562 g/mol. The molecular weight excluding hydrogens is 544 g/mol. The molecule has 0 radical (unpaired) electrons. The lowest BCUT2D eigenvalue weighted by molar-refractivity contribution is -0.384. The highest BCUT2D eigenvalue weighted by Gasteiger charge is 2.17. The molecule has 4 rings (SSSR count). The van der Waals surface area contributed by atoms with Crippen molar-refractivity contribution in [3.63, 3.8) is 0 Å². The minimum absolute atomic E-state index is 0.125. The summed E-state index contributed by atoms with van der Waals surface area (Å²) >= 11 is 9.79. The molecule has 1 aromatic heterocycles. The van der Waals surface area contributed by atoms with Crippen LogP contribution in [0.4, 0.5) is 29.2 Å². The minimum Gasteiger partial charge on any atom is -0.507 e. The van der Waals surface area contributed by atoms with Crippen LogP contribution in [0.1, 0.15) is 11.1 Å². The number of nitrogens with one attached hydrogen (secondary N) is 2. The summed E-state index contributed by atoms with van der Waals surface area (Å²) in [6, 6.07) is 7.28. The van der Waals surface area contributed by atoms with Gasteiger partial charge in [0.1, 0.15) is 5.75 Å². The zero-order chi connectivity index (χ0) is 24.9. The molecular formula is C21H20BrClN8O4. The summed E-state index contributed by atoms with van der Waals surface area (Å²) in [7, 11) is 0. The van der Waals surface area contributed by atoms with E-state index in [-0.39, 0.29) is 28.9 Å². The zero-order valence-electron chi connectivity index (χ0n) is 18.4. The number of anilines is 4. The number of aryl methyl sites for hydroxylation is 1. The summed E-state index contributed by atoms with van der Waals surface area (Å²) < 4.78 is 6.19. The molecule has 3 N–H and O–H groups in total. The molecule has 1 aliphatic heterocycles. The Bertz CT molecular complexity index is 1290. The van der Waals surface area contributed by atoms with Crippen LogP contribution in [0.3, 0.4) is 0 Å². The predicted octanol–water partition coefficient (Wildman–Crippen LogP) is 4.24. The number of phenols is 1. The smallest absolute Gasteiger partial charge is 0.270 e. The van der Waals surface area contributed by atoms with Crippen LogP contribution in [0.15, 0.2) is 39.9 Å². The molecule has 35 heavy (non-hydrogen) atoms. The highest BCUT2D eigenvalue weighted by Crippen LogP contribution is 2.31. The fourth-order valence-electron chi connectivity index (χ4n) is 3.16. The first-order chi connectivity index (χ1) is 16.8. The van der Waals surface area contributed by atoms with Gasteiger partial charge in [-0.2, -0.15) is 20.1 Å². The number of hydrazone groups is 1. The summed E-state index contributed by atoms with van der Waals surface area (Å²) in [5, 5.41) is 28.7. The maximum atomic E-state index is 11.0. The summed E-state index contributed by atoms with van der Waals surface area (Å²) in [6.07, 6.45) is 1.24. The molecule has 2 aromatic carbocycles. The second-order valence-electron chi connectivity index (χ2n) is 7.46. The van der Waals surface area contributed by atoms with Gasteiger partial charge in [-0.3, -0.25) is 10.1 Å². The number of benzene rings is 2. The Labute approximate surface area is 213 Å². The van der Waals surface area contributed by atoms with Crippen LogP contribution in [-0.2, 0) is 4.74 Å². The number of hydrogen-bond acceptors (Lipinski definition) is 11. The lowest BCUT2D eigenvalue weighted by Gasteiger charge is -2.27. The van der Waals surface area contributed by atoms with Gasteiger partial charge >= 0.3 is 0 Å². The number of nitro benzene ring substituents is 1. The molecule has 0 spiro atoms. The number of ether oxygens (including phenoxy) is 1. The highest BCUT2D eigenvalue weighted by atomic mass is 79.9. The number of aromatic nitrogens is 3. The maximum Gasteiger partial charge on any atom is 0.270 e. The van der Waals surface area contributed by atoms with Gasteiger partial charge < -0.3 is 20.1 Å². The van der Waals surface area contributed by atoms with Crippen molar-refractivity contribution in [2.45, 2.75) is 6.92 Å². The van der Waals surface area contributed by atoms with E-state index in [1.165, 1.54) is 24.4 Å². The van der Waals surface area contributed by atoms with E-state index in [0.717, 1.165) is 10.0 Å². The normalized spacial score (nSPS) is 13.7. The van der Waals surface area contributed by atoms with E-state index in [9.17, 15) is 15.2 Å². The second-order valence-corrected chi connectivity index (χ2v) is 8.72. The molecule has 0 saturated carbocycles. The Hall–Kier alpha value is -3.55. The number of morpholine rings is 1. The first-order valence-corrected chi connectivity index (χ1v) is 11.5. The molecule has 3 aromatic rings. The van der Waals surface area contributed by atoms with Crippen LogP contribution in [-0.4, -0.2) is 57.5 Å². The topological polar surface area (TPSA) is 151 Å². The van der Waals surface area contributed by atoms with E-state index in [2.05, 4.69) is 46.7 Å². The fourth-order valence-corrected chi connectivity index (χ4v) is 3.88. The van der Waals surface area contributed by atoms with Gasteiger partial charge in [0.05, 0.1) is 30.0 Å². The van der Waals surface area contributed by atoms with Crippen molar-refractivity contribution in [3.05, 3.63) is 61.1 Å². The number of nitro groups is 1. The third-order valence-corrected chi connectivity index (χ3v) is 6.07. The van der Waals surface area contributed by atoms with Crippen LogP contribution in [0.5, 0.6) is 5.75 Å². The van der Waals surface area contributed by atoms with Crippen LogP contribution in [0.2, 0.25) is 5.02 Å². The number of halogens is 2. The lowest BCUT2D eigenvalue weighted by atomic mass is 10.2. The largest absolute Gasteiger partial charge is 0.507 e. The second kappa shape index (κ2) is 10.8. The molecule has 12 nitrogen and oxygen atoms in total. The number of nitrogens with zero attached hydrogens (tertiary/aromatic N) is 6. The third kappa shape index (κ3) is 6.12. The Morgan fingerprint density at radius 1 is 1.23 bits per heavy atom. The molecule has 14 heteroatoms. The molecule has 1 aliphatic rings. The maximum absolute atomic E-state index is 11.0. The molecule has 0 aliphatic carbocycles. The average Bonchev–Trinajstić information content (AvgIpc) is 2.84. The number of non-ortho nitro benzene ring substituents is 1. The lowest BCUT2D eigenvalue weighted by Crippen LogP contribution is -2.37.